The smallest absolute Gasteiger partial charge is 0.161 e. The van der Waals surface area contributed by atoms with E-state index in [9.17, 15) is 5.26 Å². The summed E-state index contributed by atoms with van der Waals surface area (Å²) < 4.78 is 22.0. The van der Waals surface area contributed by atoms with Gasteiger partial charge in [-0.1, -0.05) is 38.1 Å². The monoisotopic (exact) mass is 548 g/mol. The summed E-state index contributed by atoms with van der Waals surface area (Å²) in [5, 5.41) is 10.6. The van der Waals surface area contributed by atoms with Crippen molar-refractivity contribution < 1.29 is 18.9 Å². The van der Waals surface area contributed by atoms with Crippen LogP contribution in [0.4, 0.5) is 0 Å². The van der Waals surface area contributed by atoms with Gasteiger partial charge in [0, 0.05) is 12.1 Å². The highest BCUT2D eigenvalue weighted by Gasteiger charge is 2.37. The van der Waals surface area contributed by atoms with Gasteiger partial charge in [0.1, 0.15) is 0 Å². The molecule has 218 valence electrons. The number of allylic oxidation sites excluding steroid dienone is 1. The van der Waals surface area contributed by atoms with Crippen molar-refractivity contribution >= 4 is 0 Å². The first-order valence-electron chi connectivity index (χ1n) is 14.5. The molecular formula is C34H48N2O4. The van der Waals surface area contributed by atoms with Crippen molar-refractivity contribution in [3.63, 3.8) is 0 Å². The lowest BCUT2D eigenvalue weighted by atomic mass is 9.69. The summed E-state index contributed by atoms with van der Waals surface area (Å²) in [7, 11) is 6.63. The maximum atomic E-state index is 10.6. The fraction of sp³-hybridized carbons (Fsp3) is 0.559. The SMILES string of the molecule is COc1ccc(CCN(CCCC(C#N)(c2ccc(OC)c(OC)c2)C(C)C)C2(C)CC=CCCC2)cc1OC. The largest absolute Gasteiger partial charge is 0.493 e. The third kappa shape index (κ3) is 7.12. The van der Waals surface area contributed by atoms with Crippen LogP contribution in [0.1, 0.15) is 70.4 Å². The van der Waals surface area contributed by atoms with Crippen LogP contribution in [0.5, 0.6) is 23.0 Å². The third-order valence-electron chi connectivity index (χ3n) is 8.78. The first kappa shape index (κ1) is 31.4. The van der Waals surface area contributed by atoms with Crippen molar-refractivity contribution in [1.29, 1.82) is 5.26 Å². The third-order valence-corrected chi connectivity index (χ3v) is 8.78. The van der Waals surface area contributed by atoms with Crippen molar-refractivity contribution in [2.45, 2.75) is 76.7 Å². The molecule has 0 bridgehead atoms. The predicted octanol–water partition coefficient (Wildman–Crippen LogP) is 7.35. The van der Waals surface area contributed by atoms with E-state index >= 15 is 0 Å². The van der Waals surface area contributed by atoms with Gasteiger partial charge in [-0.3, -0.25) is 4.90 Å². The highest BCUT2D eigenvalue weighted by molar-refractivity contribution is 5.47. The minimum absolute atomic E-state index is 0.0834. The molecule has 0 aliphatic heterocycles. The molecule has 0 saturated heterocycles. The standard InChI is InChI=1S/C34H48N2O4/c1-26(2)34(25-35,28-14-16-30(38-5)32(24-28)40-7)20-12-21-36(33(3)18-10-8-9-11-19-33)22-17-27-13-15-29(37-4)31(23-27)39-6/h8,10,13-16,23-24,26H,9,11-12,17-22H2,1-7H3. The van der Waals surface area contributed by atoms with E-state index in [1.54, 1.807) is 28.4 Å². The predicted molar refractivity (Wildman–Crippen MR) is 162 cm³/mol. The zero-order chi connectivity index (χ0) is 29.2. The highest BCUT2D eigenvalue weighted by Crippen LogP contribution is 2.41. The van der Waals surface area contributed by atoms with Crippen LogP contribution in [0.15, 0.2) is 48.6 Å². The lowest BCUT2D eigenvalue weighted by Crippen LogP contribution is -2.47. The molecular weight excluding hydrogens is 500 g/mol. The summed E-state index contributed by atoms with van der Waals surface area (Å²) in [6.07, 6.45) is 11.8. The Morgan fingerprint density at radius 2 is 1.55 bits per heavy atom. The number of hydrogen-bond acceptors (Lipinski definition) is 6. The second-order valence-corrected chi connectivity index (χ2v) is 11.4. The molecule has 3 rings (SSSR count). The summed E-state index contributed by atoms with van der Waals surface area (Å²) in [5.41, 5.74) is 1.69. The Bertz CT molecular complexity index is 1170. The Labute approximate surface area is 241 Å². The number of rotatable bonds is 14. The number of nitriles is 1. The van der Waals surface area contributed by atoms with E-state index in [-0.39, 0.29) is 11.5 Å². The van der Waals surface area contributed by atoms with E-state index in [2.05, 4.69) is 56.0 Å². The molecule has 0 heterocycles. The van der Waals surface area contributed by atoms with Crippen molar-refractivity contribution in [3.05, 3.63) is 59.7 Å². The summed E-state index contributed by atoms with van der Waals surface area (Å²) in [5.74, 6) is 3.00. The van der Waals surface area contributed by atoms with Crippen LogP contribution in [0.3, 0.4) is 0 Å². The van der Waals surface area contributed by atoms with E-state index in [1.165, 1.54) is 12.0 Å². The maximum absolute atomic E-state index is 10.6. The number of methoxy groups -OCH3 is 4. The number of ether oxygens (including phenoxy) is 4. The molecule has 1 aliphatic carbocycles. The highest BCUT2D eigenvalue weighted by atomic mass is 16.5. The zero-order valence-electron chi connectivity index (χ0n) is 25.6. The van der Waals surface area contributed by atoms with E-state index in [1.807, 2.05) is 24.3 Å². The Morgan fingerprint density at radius 1 is 0.900 bits per heavy atom. The second kappa shape index (κ2) is 14.5. The van der Waals surface area contributed by atoms with Crippen LogP contribution in [0.25, 0.3) is 0 Å². The topological polar surface area (TPSA) is 64.0 Å². The van der Waals surface area contributed by atoms with E-state index in [0.717, 1.165) is 68.7 Å². The Hall–Kier alpha value is -3.17. The Balaban J connectivity index is 1.83. The number of benzene rings is 2. The van der Waals surface area contributed by atoms with Gasteiger partial charge < -0.3 is 18.9 Å². The minimum Gasteiger partial charge on any atom is -0.493 e. The van der Waals surface area contributed by atoms with Gasteiger partial charge in [0.05, 0.1) is 39.9 Å². The summed E-state index contributed by atoms with van der Waals surface area (Å²) in [6, 6.07) is 14.8. The molecule has 6 nitrogen and oxygen atoms in total. The van der Waals surface area contributed by atoms with Crippen molar-refractivity contribution in [3.8, 4) is 29.1 Å². The maximum Gasteiger partial charge on any atom is 0.161 e. The average molecular weight is 549 g/mol. The lowest BCUT2D eigenvalue weighted by molar-refractivity contribution is 0.0923. The normalized spacial score (nSPS) is 18.6. The van der Waals surface area contributed by atoms with E-state index in [0.29, 0.717) is 11.5 Å². The van der Waals surface area contributed by atoms with Gasteiger partial charge in [-0.25, -0.2) is 0 Å². The van der Waals surface area contributed by atoms with Crippen LogP contribution in [-0.2, 0) is 11.8 Å². The molecule has 1 aliphatic rings. The van der Waals surface area contributed by atoms with Crippen LogP contribution in [-0.4, -0.2) is 52.0 Å². The van der Waals surface area contributed by atoms with Gasteiger partial charge in [0.2, 0.25) is 0 Å². The van der Waals surface area contributed by atoms with E-state index < -0.39 is 5.41 Å². The number of hydrogen-bond donors (Lipinski definition) is 0. The molecule has 0 fully saturated rings. The van der Waals surface area contributed by atoms with Crippen LogP contribution in [0, 0.1) is 17.2 Å². The van der Waals surface area contributed by atoms with Crippen molar-refractivity contribution in [2.24, 2.45) is 5.92 Å². The molecule has 0 spiro atoms. The lowest BCUT2D eigenvalue weighted by Gasteiger charge is -2.42. The minimum atomic E-state index is -0.612. The number of nitrogens with zero attached hydrogens (tertiary/aromatic N) is 2. The first-order valence-corrected chi connectivity index (χ1v) is 14.5. The van der Waals surface area contributed by atoms with Gasteiger partial charge in [-0.2, -0.15) is 5.26 Å². The molecule has 0 radical (unpaired) electrons. The Morgan fingerprint density at radius 3 is 2.17 bits per heavy atom. The van der Waals surface area contributed by atoms with Gasteiger partial charge in [0.15, 0.2) is 23.0 Å². The molecule has 2 atom stereocenters. The van der Waals surface area contributed by atoms with Gasteiger partial charge in [-0.05, 0) is 99.7 Å². The molecule has 0 saturated carbocycles. The Kier molecular flexibility index (Phi) is 11.3. The average Bonchev–Trinajstić information content (AvgIpc) is 3.21. The van der Waals surface area contributed by atoms with Crippen molar-refractivity contribution in [2.75, 3.05) is 41.5 Å². The molecule has 2 aromatic carbocycles. The summed E-state index contributed by atoms with van der Waals surface area (Å²) in [6.45, 7) is 8.57. The molecule has 0 amide bonds. The van der Waals surface area contributed by atoms with Crippen LogP contribution in [0.2, 0.25) is 0 Å². The van der Waals surface area contributed by atoms with Gasteiger partial charge in [-0.15, -0.1) is 0 Å². The molecule has 0 N–H and O–H groups in total. The summed E-state index contributed by atoms with van der Waals surface area (Å²) in [4.78, 5) is 2.66. The molecule has 0 aromatic heterocycles. The van der Waals surface area contributed by atoms with Gasteiger partial charge in [0.25, 0.3) is 0 Å². The van der Waals surface area contributed by atoms with Crippen molar-refractivity contribution in [1.82, 2.24) is 4.90 Å². The quantitative estimate of drug-likeness (QED) is 0.230. The molecule has 40 heavy (non-hydrogen) atoms. The molecule has 2 unspecified atom stereocenters. The first-order chi connectivity index (χ1) is 19.3. The zero-order valence-corrected chi connectivity index (χ0v) is 25.6. The van der Waals surface area contributed by atoms with Gasteiger partial charge >= 0.3 is 0 Å². The molecule has 6 heteroatoms. The fourth-order valence-electron chi connectivity index (χ4n) is 6.08. The molecule has 2 aromatic rings. The second-order valence-electron chi connectivity index (χ2n) is 11.4. The van der Waals surface area contributed by atoms with E-state index in [4.69, 9.17) is 18.9 Å². The summed E-state index contributed by atoms with van der Waals surface area (Å²) >= 11 is 0. The van der Waals surface area contributed by atoms with Crippen LogP contribution >= 0.6 is 0 Å². The van der Waals surface area contributed by atoms with Crippen LogP contribution < -0.4 is 18.9 Å². The fourth-order valence-corrected chi connectivity index (χ4v) is 6.08.